The molecule has 18 heavy (non-hydrogen) atoms. The second-order valence-corrected chi connectivity index (χ2v) is 4.05. The second kappa shape index (κ2) is 5.96. The van der Waals surface area contributed by atoms with Crippen molar-refractivity contribution in [2.24, 2.45) is 0 Å². The summed E-state index contributed by atoms with van der Waals surface area (Å²) in [6, 6.07) is 12.9. The number of hydrogen-bond donors (Lipinski definition) is 1. The SMILES string of the molecule is CCCNc1ccc(C(=O)c2ccccc2)cn1. The summed E-state index contributed by atoms with van der Waals surface area (Å²) in [5.41, 5.74) is 1.30. The Morgan fingerprint density at radius 2 is 1.89 bits per heavy atom. The van der Waals surface area contributed by atoms with E-state index in [1.54, 1.807) is 12.3 Å². The molecule has 1 aromatic carbocycles. The Balaban J connectivity index is 2.12. The Kier molecular flexibility index (Phi) is 4.07. The number of aromatic nitrogens is 1. The zero-order chi connectivity index (χ0) is 12.8. The zero-order valence-electron chi connectivity index (χ0n) is 10.4. The average molecular weight is 240 g/mol. The molecule has 1 aromatic heterocycles. The summed E-state index contributed by atoms with van der Waals surface area (Å²) < 4.78 is 0. The third-order valence-corrected chi connectivity index (χ3v) is 2.62. The lowest BCUT2D eigenvalue weighted by Gasteiger charge is -2.04. The van der Waals surface area contributed by atoms with Crippen molar-refractivity contribution in [2.75, 3.05) is 11.9 Å². The van der Waals surface area contributed by atoms with Crippen molar-refractivity contribution in [3.63, 3.8) is 0 Å². The van der Waals surface area contributed by atoms with Gasteiger partial charge in [-0.15, -0.1) is 0 Å². The van der Waals surface area contributed by atoms with Crippen LogP contribution < -0.4 is 5.32 Å². The smallest absolute Gasteiger partial charge is 0.194 e. The van der Waals surface area contributed by atoms with Crippen LogP contribution in [0.4, 0.5) is 5.82 Å². The monoisotopic (exact) mass is 240 g/mol. The fraction of sp³-hybridized carbons (Fsp3) is 0.200. The first kappa shape index (κ1) is 12.3. The van der Waals surface area contributed by atoms with E-state index in [4.69, 9.17) is 0 Å². The number of carbonyl (C=O) groups is 1. The number of anilines is 1. The summed E-state index contributed by atoms with van der Waals surface area (Å²) in [4.78, 5) is 16.3. The van der Waals surface area contributed by atoms with Gasteiger partial charge in [0.25, 0.3) is 0 Å². The molecule has 92 valence electrons. The van der Waals surface area contributed by atoms with E-state index >= 15 is 0 Å². The van der Waals surface area contributed by atoms with Gasteiger partial charge in [0.2, 0.25) is 0 Å². The van der Waals surface area contributed by atoms with Crippen LogP contribution in [0, 0.1) is 0 Å². The molecule has 0 aliphatic carbocycles. The molecule has 0 unspecified atom stereocenters. The van der Waals surface area contributed by atoms with Crippen molar-refractivity contribution in [1.29, 1.82) is 0 Å². The largest absolute Gasteiger partial charge is 0.370 e. The van der Waals surface area contributed by atoms with E-state index in [1.807, 2.05) is 36.4 Å². The van der Waals surface area contributed by atoms with Crippen LogP contribution in [0.15, 0.2) is 48.7 Å². The number of ketones is 1. The number of rotatable bonds is 5. The van der Waals surface area contributed by atoms with E-state index in [2.05, 4.69) is 17.2 Å². The maximum absolute atomic E-state index is 12.1. The summed E-state index contributed by atoms with van der Waals surface area (Å²) in [6.07, 6.45) is 2.67. The van der Waals surface area contributed by atoms with Crippen LogP contribution in [0.5, 0.6) is 0 Å². The van der Waals surface area contributed by atoms with E-state index in [0.717, 1.165) is 18.8 Å². The first-order valence-electron chi connectivity index (χ1n) is 6.11. The van der Waals surface area contributed by atoms with Crippen LogP contribution in [0.1, 0.15) is 29.3 Å². The first-order chi connectivity index (χ1) is 8.81. The molecular formula is C15H16N2O. The molecule has 0 aliphatic rings. The number of carbonyl (C=O) groups excluding carboxylic acids is 1. The molecule has 0 aliphatic heterocycles. The summed E-state index contributed by atoms with van der Waals surface area (Å²) >= 11 is 0. The van der Waals surface area contributed by atoms with Gasteiger partial charge < -0.3 is 5.32 Å². The highest BCUT2D eigenvalue weighted by atomic mass is 16.1. The van der Waals surface area contributed by atoms with Crippen LogP contribution in [-0.2, 0) is 0 Å². The summed E-state index contributed by atoms with van der Waals surface area (Å²) in [7, 11) is 0. The minimum atomic E-state index is 0.00476. The van der Waals surface area contributed by atoms with Crippen LogP contribution in [0.2, 0.25) is 0 Å². The van der Waals surface area contributed by atoms with Crippen LogP contribution in [0.25, 0.3) is 0 Å². The molecule has 0 radical (unpaired) electrons. The predicted molar refractivity (Wildman–Crippen MR) is 72.9 cm³/mol. The minimum absolute atomic E-state index is 0.00476. The molecule has 3 heteroatoms. The van der Waals surface area contributed by atoms with Gasteiger partial charge in [-0.25, -0.2) is 4.98 Å². The normalized spacial score (nSPS) is 10.1. The second-order valence-electron chi connectivity index (χ2n) is 4.05. The number of hydrogen-bond acceptors (Lipinski definition) is 3. The Morgan fingerprint density at radius 3 is 2.50 bits per heavy atom. The number of pyridine rings is 1. The molecule has 0 saturated heterocycles. The Labute approximate surface area is 107 Å². The number of nitrogens with zero attached hydrogens (tertiary/aromatic N) is 1. The van der Waals surface area contributed by atoms with E-state index in [0.29, 0.717) is 11.1 Å². The highest BCUT2D eigenvalue weighted by Gasteiger charge is 2.08. The summed E-state index contributed by atoms with van der Waals surface area (Å²) in [5.74, 6) is 0.812. The highest BCUT2D eigenvalue weighted by Crippen LogP contribution is 2.11. The average Bonchev–Trinajstić information content (AvgIpc) is 2.46. The Hall–Kier alpha value is -2.16. The molecule has 0 amide bonds. The fourth-order valence-electron chi connectivity index (χ4n) is 1.64. The van der Waals surface area contributed by atoms with E-state index < -0.39 is 0 Å². The first-order valence-corrected chi connectivity index (χ1v) is 6.11. The topological polar surface area (TPSA) is 42.0 Å². The lowest BCUT2D eigenvalue weighted by molar-refractivity contribution is 0.103. The Morgan fingerprint density at radius 1 is 1.11 bits per heavy atom. The molecule has 0 bridgehead atoms. The summed E-state index contributed by atoms with van der Waals surface area (Å²) in [6.45, 7) is 2.99. The zero-order valence-corrected chi connectivity index (χ0v) is 10.4. The molecule has 0 fully saturated rings. The van der Waals surface area contributed by atoms with Gasteiger partial charge in [-0.1, -0.05) is 37.3 Å². The van der Waals surface area contributed by atoms with Crippen LogP contribution in [-0.4, -0.2) is 17.3 Å². The Bertz CT molecular complexity index is 506. The van der Waals surface area contributed by atoms with Gasteiger partial charge >= 0.3 is 0 Å². The van der Waals surface area contributed by atoms with Crippen molar-refractivity contribution in [1.82, 2.24) is 4.98 Å². The number of nitrogens with one attached hydrogen (secondary N) is 1. The van der Waals surface area contributed by atoms with E-state index in [-0.39, 0.29) is 5.78 Å². The quantitative estimate of drug-likeness (QED) is 0.816. The van der Waals surface area contributed by atoms with Gasteiger partial charge in [0.1, 0.15) is 5.82 Å². The molecule has 0 saturated carbocycles. The van der Waals surface area contributed by atoms with Gasteiger partial charge in [-0.2, -0.15) is 0 Å². The maximum Gasteiger partial charge on any atom is 0.194 e. The highest BCUT2D eigenvalue weighted by molar-refractivity contribution is 6.08. The predicted octanol–water partition coefficient (Wildman–Crippen LogP) is 3.13. The van der Waals surface area contributed by atoms with Crippen molar-refractivity contribution in [3.8, 4) is 0 Å². The van der Waals surface area contributed by atoms with Crippen molar-refractivity contribution >= 4 is 11.6 Å². The summed E-state index contributed by atoms with van der Waals surface area (Å²) in [5, 5.41) is 3.18. The van der Waals surface area contributed by atoms with Crippen molar-refractivity contribution in [3.05, 3.63) is 59.8 Å². The standard InChI is InChI=1S/C15H16N2O/c1-2-10-16-14-9-8-13(11-17-14)15(18)12-6-4-3-5-7-12/h3-9,11H,2,10H2,1H3,(H,16,17). The van der Waals surface area contributed by atoms with Gasteiger partial charge in [0.05, 0.1) is 0 Å². The molecule has 3 nitrogen and oxygen atoms in total. The third-order valence-electron chi connectivity index (χ3n) is 2.62. The third kappa shape index (κ3) is 2.94. The van der Waals surface area contributed by atoms with Gasteiger partial charge in [0.15, 0.2) is 5.78 Å². The van der Waals surface area contributed by atoms with E-state index in [1.165, 1.54) is 0 Å². The lowest BCUT2D eigenvalue weighted by Crippen LogP contribution is -2.05. The molecule has 2 rings (SSSR count). The fourth-order valence-corrected chi connectivity index (χ4v) is 1.64. The molecular weight excluding hydrogens is 224 g/mol. The van der Waals surface area contributed by atoms with Gasteiger partial charge in [-0.3, -0.25) is 4.79 Å². The number of benzene rings is 1. The molecule has 1 heterocycles. The van der Waals surface area contributed by atoms with Crippen molar-refractivity contribution in [2.45, 2.75) is 13.3 Å². The molecule has 0 atom stereocenters. The van der Waals surface area contributed by atoms with Crippen LogP contribution >= 0.6 is 0 Å². The molecule has 1 N–H and O–H groups in total. The minimum Gasteiger partial charge on any atom is -0.370 e. The molecule has 2 aromatic rings. The van der Waals surface area contributed by atoms with Crippen LogP contribution in [0.3, 0.4) is 0 Å². The van der Waals surface area contributed by atoms with Gasteiger partial charge in [0, 0.05) is 23.9 Å². The lowest BCUT2D eigenvalue weighted by atomic mass is 10.1. The van der Waals surface area contributed by atoms with Crippen molar-refractivity contribution < 1.29 is 4.79 Å². The molecule has 0 spiro atoms. The van der Waals surface area contributed by atoms with E-state index in [9.17, 15) is 4.79 Å². The van der Waals surface area contributed by atoms with Gasteiger partial charge in [-0.05, 0) is 18.6 Å². The maximum atomic E-state index is 12.1.